The Labute approximate surface area is 167 Å². The molecule has 0 radical (unpaired) electrons. The van der Waals surface area contributed by atoms with Gasteiger partial charge < -0.3 is 15.2 Å². The number of hydrogen-bond acceptors (Lipinski definition) is 7. The Kier molecular flexibility index (Phi) is 7.59. The smallest absolute Gasteiger partial charge is 0.337 e. The van der Waals surface area contributed by atoms with Crippen molar-refractivity contribution in [3.8, 4) is 0 Å². The highest BCUT2D eigenvalue weighted by Gasteiger charge is 2.17. The van der Waals surface area contributed by atoms with Crippen LogP contribution in [-0.2, 0) is 16.1 Å². The van der Waals surface area contributed by atoms with Crippen molar-refractivity contribution < 1.29 is 19.4 Å². The van der Waals surface area contributed by atoms with E-state index in [9.17, 15) is 19.5 Å². The Morgan fingerprint density at radius 3 is 2.68 bits per heavy atom. The molecule has 2 aromatic rings. The molecule has 0 aliphatic carbocycles. The number of nitrogens with zero attached hydrogens (tertiary/aromatic N) is 2. The van der Waals surface area contributed by atoms with Crippen molar-refractivity contribution in [2.75, 3.05) is 12.9 Å². The lowest BCUT2D eigenvalue weighted by Gasteiger charge is -2.15. The molecule has 2 N–H and O–H groups in total. The van der Waals surface area contributed by atoms with Crippen LogP contribution in [-0.4, -0.2) is 51.5 Å². The number of carbonyl (C=O) groups excluding carboxylic acids is 2. The first-order valence-electron chi connectivity index (χ1n) is 8.99. The Balaban J connectivity index is 2.43. The molecule has 9 heteroatoms. The Morgan fingerprint density at radius 2 is 2.07 bits per heavy atom. The van der Waals surface area contributed by atoms with E-state index in [0.717, 1.165) is 18.2 Å². The molecule has 0 aliphatic heterocycles. The number of rotatable bonds is 8. The van der Waals surface area contributed by atoms with Gasteiger partial charge in [-0.2, -0.15) is 0 Å². The summed E-state index contributed by atoms with van der Waals surface area (Å²) in [7, 11) is 1.28. The molecule has 0 bridgehead atoms. The van der Waals surface area contributed by atoms with Crippen molar-refractivity contribution >= 4 is 34.5 Å². The van der Waals surface area contributed by atoms with Gasteiger partial charge in [0, 0.05) is 6.04 Å². The van der Waals surface area contributed by atoms with E-state index < -0.39 is 12.1 Å². The second kappa shape index (κ2) is 9.70. The predicted molar refractivity (Wildman–Crippen MR) is 108 cm³/mol. The van der Waals surface area contributed by atoms with Crippen LogP contribution in [0.25, 0.3) is 10.9 Å². The fraction of sp³-hybridized carbons (Fsp3) is 0.474. The second-order valence-corrected chi connectivity index (χ2v) is 7.49. The minimum atomic E-state index is -0.764. The number of methoxy groups -OCH3 is 1. The molecule has 1 aromatic heterocycles. The lowest BCUT2D eigenvalue weighted by atomic mass is 10.1. The molecular formula is C19H25N3O5S. The first kappa shape index (κ1) is 21.9. The number of carbonyl (C=O) groups is 2. The summed E-state index contributed by atoms with van der Waals surface area (Å²) in [5, 5.41) is 13.3. The quantitative estimate of drug-likeness (QED) is 0.388. The first-order valence-corrected chi connectivity index (χ1v) is 9.98. The van der Waals surface area contributed by atoms with Crippen LogP contribution in [0.3, 0.4) is 0 Å². The van der Waals surface area contributed by atoms with Gasteiger partial charge in [-0.3, -0.25) is 14.2 Å². The van der Waals surface area contributed by atoms with Gasteiger partial charge in [0.05, 0.1) is 42.0 Å². The molecule has 1 amide bonds. The van der Waals surface area contributed by atoms with Crippen molar-refractivity contribution in [3.63, 3.8) is 0 Å². The summed E-state index contributed by atoms with van der Waals surface area (Å²) in [6.07, 6.45) is 0.0489. The summed E-state index contributed by atoms with van der Waals surface area (Å²) in [6.45, 7) is 5.51. The Hall–Kier alpha value is -2.39. The van der Waals surface area contributed by atoms with Gasteiger partial charge in [-0.15, -0.1) is 0 Å². The molecule has 2 rings (SSSR count). The minimum Gasteiger partial charge on any atom is -0.465 e. The number of fused-ring (bicyclic) bond motifs is 1. The summed E-state index contributed by atoms with van der Waals surface area (Å²) in [4.78, 5) is 41.2. The first-order chi connectivity index (χ1) is 13.3. The van der Waals surface area contributed by atoms with Gasteiger partial charge in [0.1, 0.15) is 0 Å². The number of esters is 1. The molecule has 1 aromatic carbocycles. The van der Waals surface area contributed by atoms with Crippen molar-refractivity contribution in [2.24, 2.45) is 0 Å². The van der Waals surface area contributed by atoms with Crippen LogP contribution < -0.4 is 10.9 Å². The zero-order valence-electron chi connectivity index (χ0n) is 16.4. The maximum atomic E-state index is 12.9. The maximum Gasteiger partial charge on any atom is 0.337 e. The summed E-state index contributed by atoms with van der Waals surface area (Å²) in [6, 6.07) is 4.55. The fourth-order valence-electron chi connectivity index (χ4n) is 2.53. The number of aromatic nitrogens is 2. The molecule has 1 heterocycles. The normalized spacial score (nSPS) is 13.2. The molecule has 152 valence electrons. The number of benzene rings is 1. The Morgan fingerprint density at radius 1 is 1.36 bits per heavy atom. The molecule has 8 nitrogen and oxygen atoms in total. The zero-order valence-corrected chi connectivity index (χ0v) is 17.2. The number of aliphatic hydroxyl groups is 1. The van der Waals surface area contributed by atoms with E-state index in [-0.39, 0.29) is 35.4 Å². The highest BCUT2D eigenvalue weighted by atomic mass is 32.2. The minimum absolute atomic E-state index is 0.0514. The van der Waals surface area contributed by atoms with E-state index in [1.807, 2.05) is 13.8 Å². The number of hydrogen-bond donors (Lipinski definition) is 2. The second-order valence-electron chi connectivity index (χ2n) is 6.55. The molecule has 0 unspecified atom stereocenters. The molecule has 0 fully saturated rings. The monoisotopic (exact) mass is 407 g/mol. The van der Waals surface area contributed by atoms with Crippen molar-refractivity contribution in [1.29, 1.82) is 0 Å². The summed E-state index contributed by atoms with van der Waals surface area (Å²) < 4.78 is 6.06. The number of aliphatic hydroxyl groups excluding tert-OH is 1. The molecular weight excluding hydrogens is 382 g/mol. The van der Waals surface area contributed by atoms with Crippen LogP contribution in [0.1, 0.15) is 37.6 Å². The highest BCUT2D eigenvalue weighted by Crippen LogP contribution is 2.19. The van der Waals surface area contributed by atoms with E-state index in [1.165, 1.54) is 29.9 Å². The molecule has 2 atom stereocenters. The standard InChI is InChI=1S/C19H25N3O5S/c1-5-11(2)20-16(24)10-28-19-21-15-8-13(18(26)27-4)6-7-14(15)17(25)22(19)9-12(3)23/h6-8,11-12,23H,5,9-10H2,1-4H3,(H,20,24)/t11-,12+/m0/s1. The van der Waals surface area contributed by atoms with Gasteiger partial charge in [0.2, 0.25) is 5.91 Å². The molecule has 0 spiro atoms. The summed E-state index contributed by atoms with van der Waals surface area (Å²) in [5.41, 5.74) is 0.271. The van der Waals surface area contributed by atoms with Crippen LogP contribution >= 0.6 is 11.8 Å². The van der Waals surface area contributed by atoms with E-state index in [0.29, 0.717) is 16.1 Å². The highest BCUT2D eigenvalue weighted by molar-refractivity contribution is 7.99. The number of thioether (sulfide) groups is 1. The third kappa shape index (κ3) is 5.32. The third-order valence-corrected chi connectivity index (χ3v) is 5.12. The lowest BCUT2D eigenvalue weighted by molar-refractivity contribution is -0.119. The number of ether oxygens (including phenoxy) is 1. The summed E-state index contributed by atoms with van der Waals surface area (Å²) >= 11 is 1.11. The van der Waals surface area contributed by atoms with Gasteiger partial charge in [0.15, 0.2) is 5.16 Å². The van der Waals surface area contributed by atoms with Crippen LogP contribution in [0.4, 0.5) is 0 Å². The van der Waals surface area contributed by atoms with E-state index in [2.05, 4.69) is 10.3 Å². The van der Waals surface area contributed by atoms with Crippen LogP contribution in [0, 0.1) is 0 Å². The molecule has 0 aliphatic rings. The average molecular weight is 407 g/mol. The zero-order chi connectivity index (χ0) is 20.8. The number of amides is 1. The van der Waals surface area contributed by atoms with E-state index in [1.54, 1.807) is 6.92 Å². The van der Waals surface area contributed by atoms with Gasteiger partial charge in [-0.25, -0.2) is 9.78 Å². The number of nitrogens with one attached hydrogen (secondary N) is 1. The maximum absolute atomic E-state index is 12.9. The third-order valence-electron chi connectivity index (χ3n) is 4.14. The van der Waals surface area contributed by atoms with E-state index in [4.69, 9.17) is 4.74 Å². The lowest BCUT2D eigenvalue weighted by Crippen LogP contribution is -2.33. The Bertz CT molecular complexity index is 926. The van der Waals surface area contributed by atoms with Gasteiger partial charge in [-0.1, -0.05) is 18.7 Å². The van der Waals surface area contributed by atoms with Crippen LogP contribution in [0.15, 0.2) is 28.2 Å². The van der Waals surface area contributed by atoms with Crippen LogP contribution in [0.5, 0.6) is 0 Å². The van der Waals surface area contributed by atoms with Crippen molar-refractivity contribution in [1.82, 2.24) is 14.9 Å². The largest absolute Gasteiger partial charge is 0.465 e. The van der Waals surface area contributed by atoms with Gasteiger partial charge >= 0.3 is 5.97 Å². The van der Waals surface area contributed by atoms with E-state index >= 15 is 0 Å². The predicted octanol–water partition coefficient (Wildman–Crippen LogP) is 1.57. The SMILES string of the molecule is CC[C@H](C)NC(=O)CSc1nc2cc(C(=O)OC)ccc2c(=O)n1C[C@@H](C)O. The molecule has 0 saturated heterocycles. The molecule has 28 heavy (non-hydrogen) atoms. The fourth-order valence-corrected chi connectivity index (χ4v) is 3.35. The molecule has 0 saturated carbocycles. The van der Waals surface area contributed by atoms with Crippen molar-refractivity contribution in [3.05, 3.63) is 34.1 Å². The summed E-state index contributed by atoms with van der Waals surface area (Å²) in [5.74, 6) is -0.613. The van der Waals surface area contributed by atoms with Crippen LogP contribution in [0.2, 0.25) is 0 Å². The average Bonchev–Trinajstić information content (AvgIpc) is 2.67. The topological polar surface area (TPSA) is 111 Å². The van der Waals surface area contributed by atoms with Gasteiger partial charge in [0.25, 0.3) is 5.56 Å². The van der Waals surface area contributed by atoms with Gasteiger partial charge in [-0.05, 0) is 38.5 Å². The van der Waals surface area contributed by atoms with Crippen molar-refractivity contribution in [2.45, 2.75) is 51.0 Å².